The number of carbonyl (C=O) groups excluding carboxylic acids is 2. The zero-order chi connectivity index (χ0) is 24.6. The normalized spacial score (nSPS) is 20.7. The van der Waals surface area contributed by atoms with Gasteiger partial charge in [0.1, 0.15) is 0 Å². The molecule has 2 bridgehead atoms. The molecule has 0 radical (unpaired) electrons. The molecule has 2 unspecified atom stereocenters. The van der Waals surface area contributed by atoms with E-state index in [9.17, 15) is 14.4 Å². The molecule has 184 valence electrons. The van der Waals surface area contributed by atoms with E-state index in [4.69, 9.17) is 0 Å². The fourth-order valence-corrected chi connectivity index (χ4v) is 5.93. The van der Waals surface area contributed by atoms with Crippen molar-refractivity contribution in [2.24, 2.45) is 5.92 Å². The van der Waals surface area contributed by atoms with Gasteiger partial charge >= 0.3 is 0 Å². The molecule has 6 rings (SSSR count). The number of aromatic nitrogens is 2. The van der Waals surface area contributed by atoms with Gasteiger partial charge < -0.3 is 19.7 Å². The average molecular weight is 484 g/mol. The standard InChI is InChI=1S/C28H29N5O3/c34-26-7-3-6-24-22-13-19(17-33(24)26)16-32(18-22)25-9-8-20(28(36)31-11-1-2-12-31)14-23(25)30-27(35)21-5-4-10-29-15-21/h3-10,14-15,19,22H,1-2,11-13,16-18H2,(H,30,35). The van der Waals surface area contributed by atoms with Crippen LogP contribution in [0.1, 0.15) is 51.6 Å². The fourth-order valence-electron chi connectivity index (χ4n) is 5.93. The van der Waals surface area contributed by atoms with E-state index in [1.165, 1.54) is 6.20 Å². The molecule has 3 aliphatic heterocycles. The Labute approximate surface area is 209 Å². The molecule has 3 aromatic rings. The van der Waals surface area contributed by atoms with Crippen LogP contribution in [-0.2, 0) is 6.54 Å². The molecule has 2 saturated heterocycles. The van der Waals surface area contributed by atoms with Crippen molar-refractivity contribution < 1.29 is 9.59 Å². The number of rotatable bonds is 4. The lowest BCUT2D eigenvalue weighted by atomic mass is 9.83. The summed E-state index contributed by atoms with van der Waals surface area (Å²) in [5.74, 6) is 0.312. The highest BCUT2D eigenvalue weighted by molar-refractivity contribution is 6.07. The molecule has 2 fully saturated rings. The van der Waals surface area contributed by atoms with Gasteiger partial charge in [0, 0.05) is 68.4 Å². The number of carbonyl (C=O) groups is 2. The van der Waals surface area contributed by atoms with Gasteiger partial charge in [-0.25, -0.2) is 0 Å². The third-order valence-electron chi connectivity index (χ3n) is 7.63. The number of nitrogens with zero attached hydrogens (tertiary/aromatic N) is 4. The van der Waals surface area contributed by atoms with E-state index >= 15 is 0 Å². The van der Waals surface area contributed by atoms with Crippen LogP contribution in [0.2, 0.25) is 0 Å². The summed E-state index contributed by atoms with van der Waals surface area (Å²) in [7, 11) is 0. The minimum Gasteiger partial charge on any atom is -0.369 e. The fraction of sp³-hybridized carbons (Fsp3) is 0.357. The van der Waals surface area contributed by atoms with E-state index < -0.39 is 0 Å². The second-order valence-corrected chi connectivity index (χ2v) is 10.0. The van der Waals surface area contributed by atoms with Crippen molar-refractivity contribution in [3.8, 4) is 0 Å². The highest BCUT2D eigenvalue weighted by Crippen LogP contribution is 2.39. The number of fused-ring (bicyclic) bond motifs is 4. The Kier molecular flexibility index (Phi) is 5.79. The van der Waals surface area contributed by atoms with E-state index in [1.807, 2.05) is 33.7 Å². The molecule has 8 nitrogen and oxygen atoms in total. The molecule has 1 N–H and O–H groups in total. The van der Waals surface area contributed by atoms with E-state index in [2.05, 4.69) is 21.3 Å². The first-order chi connectivity index (χ1) is 17.6. The number of benzene rings is 1. The topological polar surface area (TPSA) is 87.5 Å². The van der Waals surface area contributed by atoms with Crippen LogP contribution in [0.15, 0.2) is 65.7 Å². The molecule has 2 aromatic heterocycles. The molecule has 2 atom stereocenters. The van der Waals surface area contributed by atoms with Crippen molar-refractivity contribution >= 4 is 23.2 Å². The van der Waals surface area contributed by atoms with Gasteiger partial charge in [-0.1, -0.05) is 6.07 Å². The molecule has 8 heteroatoms. The van der Waals surface area contributed by atoms with Crippen molar-refractivity contribution in [3.63, 3.8) is 0 Å². The molecule has 36 heavy (non-hydrogen) atoms. The lowest BCUT2D eigenvalue weighted by Gasteiger charge is -2.44. The number of amides is 2. The van der Waals surface area contributed by atoms with Crippen molar-refractivity contribution in [1.29, 1.82) is 0 Å². The molecule has 5 heterocycles. The minimum atomic E-state index is -0.260. The maximum absolute atomic E-state index is 13.1. The third kappa shape index (κ3) is 4.17. The SMILES string of the molecule is O=C(Nc1cc(C(=O)N2CCCC2)ccc1N1CC2CC(C1)c1cccc(=O)n1C2)c1cccnc1. The van der Waals surface area contributed by atoms with Gasteiger partial charge in [0.05, 0.1) is 16.9 Å². The quantitative estimate of drug-likeness (QED) is 0.615. The van der Waals surface area contributed by atoms with Crippen molar-refractivity contribution in [2.45, 2.75) is 31.7 Å². The summed E-state index contributed by atoms with van der Waals surface area (Å²) >= 11 is 0. The largest absolute Gasteiger partial charge is 0.369 e. The number of likely N-dealkylation sites (tertiary alicyclic amines) is 1. The number of nitrogens with one attached hydrogen (secondary N) is 1. The van der Waals surface area contributed by atoms with Crippen LogP contribution in [0, 0.1) is 5.92 Å². The second kappa shape index (κ2) is 9.26. The zero-order valence-corrected chi connectivity index (χ0v) is 20.1. The zero-order valence-electron chi connectivity index (χ0n) is 20.1. The van der Waals surface area contributed by atoms with E-state index in [0.717, 1.165) is 56.8 Å². The number of hydrogen-bond acceptors (Lipinski definition) is 5. The monoisotopic (exact) mass is 483 g/mol. The Bertz CT molecular complexity index is 1360. The maximum Gasteiger partial charge on any atom is 0.257 e. The minimum absolute atomic E-state index is 0.000238. The summed E-state index contributed by atoms with van der Waals surface area (Å²) in [6.07, 6.45) is 6.26. The van der Waals surface area contributed by atoms with Crippen LogP contribution in [0.3, 0.4) is 0 Å². The van der Waals surface area contributed by atoms with E-state index in [-0.39, 0.29) is 23.3 Å². The predicted molar refractivity (Wildman–Crippen MR) is 138 cm³/mol. The molecule has 2 amide bonds. The smallest absolute Gasteiger partial charge is 0.257 e. The molecular formula is C28H29N5O3. The summed E-state index contributed by atoms with van der Waals surface area (Å²) in [5, 5.41) is 3.06. The van der Waals surface area contributed by atoms with Crippen molar-refractivity contribution in [2.75, 3.05) is 36.4 Å². The number of pyridine rings is 2. The molecule has 3 aliphatic rings. The predicted octanol–water partition coefficient (Wildman–Crippen LogP) is 3.36. The highest BCUT2D eigenvalue weighted by atomic mass is 16.2. The number of hydrogen-bond donors (Lipinski definition) is 1. The molecule has 1 aromatic carbocycles. The first-order valence-corrected chi connectivity index (χ1v) is 12.7. The summed E-state index contributed by atoms with van der Waals surface area (Å²) in [4.78, 5) is 46.9. The van der Waals surface area contributed by atoms with Crippen LogP contribution in [0.4, 0.5) is 11.4 Å². The van der Waals surface area contributed by atoms with Crippen molar-refractivity contribution in [1.82, 2.24) is 14.5 Å². The maximum atomic E-state index is 13.1. The average Bonchev–Trinajstić information content (AvgIpc) is 3.44. The van der Waals surface area contributed by atoms with Crippen LogP contribution < -0.4 is 15.8 Å². The Morgan fingerprint density at radius 2 is 1.81 bits per heavy atom. The number of piperidine rings is 1. The van der Waals surface area contributed by atoms with Crippen LogP contribution in [-0.4, -0.2) is 52.4 Å². The van der Waals surface area contributed by atoms with Crippen LogP contribution in [0.5, 0.6) is 0 Å². The van der Waals surface area contributed by atoms with Gasteiger partial charge in [0.15, 0.2) is 0 Å². The summed E-state index contributed by atoms with van der Waals surface area (Å²) in [5.41, 5.74) is 3.70. The second-order valence-electron chi connectivity index (χ2n) is 10.0. The summed E-state index contributed by atoms with van der Waals surface area (Å²) in [6.45, 7) is 3.77. The molecule has 0 saturated carbocycles. The Hall–Kier alpha value is -3.94. The molecule has 0 aliphatic carbocycles. The van der Waals surface area contributed by atoms with Gasteiger partial charge in [0.25, 0.3) is 17.4 Å². The van der Waals surface area contributed by atoms with Gasteiger partial charge in [0.2, 0.25) is 0 Å². The Balaban J connectivity index is 1.34. The lowest BCUT2D eigenvalue weighted by Crippen LogP contribution is -2.47. The molecule has 0 spiro atoms. The van der Waals surface area contributed by atoms with Crippen LogP contribution in [0.25, 0.3) is 0 Å². The molecular weight excluding hydrogens is 454 g/mol. The number of anilines is 2. The Morgan fingerprint density at radius 1 is 0.944 bits per heavy atom. The van der Waals surface area contributed by atoms with Gasteiger partial charge in [-0.05, 0) is 61.6 Å². The van der Waals surface area contributed by atoms with Gasteiger partial charge in [-0.3, -0.25) is 19.4 Å². The van der Waals surface area contributed by atoms with E-state index in [0.29, 0.717) is 29.3 Å². The summed E-state index contributed by atoms with van der Waals surface area (Å²) < 4.78 is 1.92. The van der Waals surface area contributed by atoms with Gasteiger partial charge in [-0.15, -0.1) is 0 Å². The summed E-state index contributed by atoms with van der Waals surface area (Å²) in [6, 6.07) is 14.6. The lowest BCUT2D eigenvalue weighted by molar-refractivity contribution is 0.0792. The first-order valence-electron chi connectivity index (χ1n) is 12.7. The first kappa shape index (κ1) is 22.5. The van der Waals surface area contributed by atoms with E-state index in [1.54, 1.807) is 24.4 Å². The third-order valence-corrected chi connectivity index (χ3v) is 7.63. The highest BCUT2D eigenvalue weighted by Gasteiger charge is 2.35. The van der Waals surface area contributed by atoms with Crippen LogP contribution >= 0.6 is 0 Å². The Morgan fingerprint density at radius 3 is 2.61 bits per heavy atom. The van der Waals surface area contributed by atoms with Crippen molar-refractivity contribution in [3.05, 3.63) is 88.1 Å². The van der Waals surface area contributed by atoms with Gasteiger partial charge in [-0.2, -0.15) is 0 Å².